The molecule has 18 heavy (non-hydrogen) atoms. The fourth-order valence-corrected chi connectivity index (χ4v) is 2.15. The SMILES string of the molecule is N#Cc1ccc(OCCN2CCC[C@H](O)C2)cc1. The Morgan fingerprint density at radius 3 is 2.83 bits per heavy atom. The van der Waals surface area contributed by atoms with Gasteiger partial charge < -0.3 is 9.84 Å². The van der Waals surface area contributed by atoms with E-state index in [2.05, 4.69) is 11.0 Å². The van der Waals surface area contributed by atoms with E-state index in [1.165, 1.54) is 0 Å². The molecule has 0 saturated carbocycles. The topological polar surface area (TPSA) is 56.5 Å². The molecule has 1 aliphatic rings. The highest BCUT2D eigenvalue weighted by Crippen LogP contribution is 2.12. The summed E-state index contributed by atoms with van der Waals surface area (Å²) in [6.45, 7) is 3.22. The maximum absolute atomic E-state index is 9.54. The highest BCUT2D eigenvalue weighted by atomic mass is 16.5. The van der Waals surface area contributed by atoms with Crippen molar-refractivity contribution in [2.45, 2.75) is 18.9 Å². The van der Waals surface area contributed by atoms with E-state index in [1.807, 2.05) is 12.1 Å². The Balaban J connectivity index is 1.72. The molecule has 1 saturated heterocycles. The summed E-state index contributed by atoms with van der Waals surface area (Å²) in [7, 11) is 0. The second-order valence-corrected chi connectivity index (χ2v) is 4.58. The predicted octanol–water partition coefficient (Wildman–Crippen LogP) is 1.39. The quantitative estimate of drug-likeness (QED) is 0.872. The first-order valence-electron chi connectivity index (χ1n) is 6.31. The van der Waals surface area contributed by atoms with Crippen molar-refractivity contribution in [2.24, 2.45) is 0 Å². The van der Waals surface area contributed by atoms with Gasteiger partial charge in [0.25, 0.3) is 0 Å². The van der Waals surface area contributed by atoms with Gasteiger partial charge in [0, 0.05) is 13.1 Å². The molecule has 0 radical (unpaired) electrons. The van der Waals surface area contributed by atoms with Gasteiger partial charge >= 0.3 is 0 Å². The molecule has 1 aliphatic heterocycles. The van der Waals surface area contributed by atoms with Gasteiger partial charge in [0.2, 0.25) is 0 Å². The Hall–Kier alpha value is -1.57. The van der Waals surface area contributed by atoms with Crippen molar-refractivity contribution >= 4 is 0 Å². The third-order valence-electron chi connectivity index (χ3n) is 3.14. The second-order valence-electron chi connectivity index (χ2n) is 4.58. The van der Waals surface area contributed by atoms with Gasteiger partial charge in [-0.25, -0.2) is 0 Å². The Kier molecular flexibility index (Phi) is 4.57. The number of likely N-dealkylation sites (tertiary alicyclic amines) is 1. The van der Waals surface area contributed by atoms with E-state index in [1.54, 1.807) is 12.1 Å². The fraction of sp³-hybridized carbons (Fsp3) is 0.500. The minimum Gasteiger partial charge on any atom is -0.492 e. The number of hydrogen-bond donors (Lipinski definition) is 1. The van der Waals surface area contributed by atoms with Crippen molar-refractivity contribution in [3.63, 3.8) is 0 Å². The molecular formula is C14H18N2O2. The summed E-state index contributed by atoms with van der Waals surface area (Å²) in [6, 6.07) is 9.19. The average Bonchev–Trinajstić information content (AvgIpc) is 2.40. The Morgan fingerprint density at radius 2 is 2.17 bits per heavy atom. The summed E-state index contributed by atoms with van der Waals surface area (Å²) < 4.78 is 5.61. The first-order chi connectivity index (χ1) is 8.78. The zero-order chi connectivity index (χ0) is 12.8. The lowest BCUT2D eigenvalue weighted by molar-refractivity contribution is 0.0633. The first kappa shape index (κ1) is 12.9. The van der Waals surface area contributed by atoms with Crippen molar-refractivity contribution < 1.29 is 9.84 Å². The highest BCUT2D eigenvalue weighted by molar-refractivity contribution is 5.34. The lowest BCUT2D eigenvalue weighted by atomic mass is 10.1. The average molecular weight is 246 g/mol. The smallest absolute Gasteiger partial charge is 0.119 e. The van der Waals surface area contributed by atoms with Gasteiger partial charge in [-0.1, -0.05) is 0 Å². The number of rotatable bonds is 4. The Labute approximate surface area is 107 Å². The third-order valence-corrected chi connectivity index (χ3v) is 3.14. The van der Waals surface area contributed by atoms with E-state index >= 15 is 0 Å². The first-order valence-corrected chi connectivity index (χ1v) is 6.31. The van der Waals surface area contributed by atoms with Crippen LogP contribution in [-0.2, 0) is 0 Å². The highest BCUT2D eigenvalue weighted by Gasteiger charge is 2.16. The molecule has 4 nitrogen and oxygen atoms in total. The van der Waals surface area contributed by atoms with Gasteiger partial charge in [0.15, 0.2) is 0 Å². The van der Waals surface area contributed by atoms with E-state index in [-0.39, 0.29) is 6.10 Å². The number of nitriles is 1. The number of aliphatic hydroxyl groups excluding tert-OH is 1. The molecule has 96 valence electrons. The van der Waals surface area contributed by atoms with Crippen LogP contribution in [0.5, 0.6) is 5.75 Å². The Bertz CT molecular complexity index is 411. The molecule has 0 amide bonds. The van der Waals surface area contributed by atoms with Crippen molar-refractivity contribution in [3.05, 3.63) is 29.8 Å². The molecule has 1 atom stereocenters. The molecule has 1 aromatic carbocycles. The van der Waals surface area contributed by atoms with Crippen molar-refractivity contribution in [1.29, 1.82) is 5.26 Å². The van der Waals surface area contributed by atoms with Gasteiger partial charge in [0.05, 0.1) is 17.7 Å². The number of hydrogen-bond acceptors (Lipinski definition) is 4. The molecule has 0 aromatic heterocycles. The van der Waals surface area contributed by atoms with Crippen LogP contribution in [0.2, 0.25) is 0 Å². The van der Waals surface area contributed by atoms with E-state index < -0.39 is 0 Å². The van der Waals surface area contributed by atoms with Gasteiger partial charge in [-0.05, 0) is 43.7 Å². The van der Waals surface area contributed by atoms with Gasteiger partial charge in [-0.2, -0.15) is 5.26 Å². The second kappa shape index (κ2) is 6.39. The molecule has 2 rings (SSSR count). The van der Waals surface area contributed by atoms with Crippen LogP contribution in [0, 0.1) is 11.3 Å². The van der Waals surface area contributed by atoms with Crippen LogP contribution >= 0.6 is 0 Å². The van der Waals surface area contributed by atoms with Gasteiger partial charge in [-0.15, -0.1) is 0 Å². The number of aliphatic hydroxyl groups is 1. The summed E-state index contributed by atoms with van der Waals surface area (Å²) in [6.07, 6.45) is 1.78. The minimum absolute atomic E-state index is 0.186. The molecule has 1 N–H and O–H groups in total. The molecule has 1 heterocycles. The van der Waals surface area contributed by atoms with E-state index in [0.29, 0.717) is 12.2 Å². The monoisotopic (exact) mass is 246 g/mol. The zero-order valence-corrected chi connectivity index (χ0v) is 10.4. The summed E-state index contributed by atoms with van der Waals surface area (Å²) >= 11 is 0. The molecule has 0 bridgehead atoms. The van der Waals surface area contributed by atoms with E-state index in [9.17, 15) is 5.11 Å². The number of nitrogens with zero attached hydrogens (tertiary/aromatic N) is 2. The molecule has 1 aromatic rings. The van der Waals surface area contributed by atoms with E-state index in [4.69, 9.17) is 10.00 Å². The third kappa shape index (κ3) is 3.73. The van der Waals surface area contributed by atoms with Gasteiger partial charge in [0.1, 0.15) is 12.4 Å². The molecule has 4 heteroatoms. The number of β-amino-alcohol motifs (C(OH)–C–C–N with tert-alkyl or cyclic N) is 1. The van der Waals surface area contributed by atoms with Crippen molar-refractivity contribution in [1.82, 2.24) is 4.90 Å². The number of ether oxygens (including phenoxy) is 1. The molecule has 0 spiro atoms. The molecule has 0 unspecified atom stereocenters. The van der Waals surface area contributed by atoms with Crippen molar-refractivity contribution in [3.8, 4) is 11.8 Å². The normalized spacial score (nSPS) is 20.3. The fourth-order valence-electron chi connectivity index (χ4n) is 2.15. The maximum Gasteiger partial charge on any atom is 0.119 e. The lowest BCUT2D eigenvalue weighted by Crippen LogP contribution is -2.40. The molecule has 1 fully saturated rings. The zero-order valence-electron chi connectivity index (χ0n) is 10.4. The van der Waals surface area contributed by atoms with Crippen molar-refractivity contribution in [2.75, 3.05) is 26.2 Å². The van der Waals surface area contributed by atoms with Crippen LogP contribution in [0.25, 0.3) is 0 Å². The summed E-state index contributed by atoms with van der Waals surface area (Å²) in [5.41, 5.74) is 0.640. The Morgan fingerprint density at radius 1 is 1.39 bits per heavy atom. The largest absolute Gasteiger partial charge is 0.492 e. The van der Waals surface area contributed by atoms with Crippen LogP contribution in [0.4, 0.5) is 0 Å². The summed E-state index contributed by atoms with van der Waals surface area (Å²) in [5, 5.41) is 18.2. The maximum atomic E-state index is 9.54. The standard InChI is InChI=1S/C14H18N2O2/c15-10-12-3-5-14(6-4-12)18-9-8-16-7-1-2-13(17)11-16/h3-6,13,17H,1-2,7-9,11H2/t13-/m0/s1. The number of piperidine rings is 1. The van der Waals surface area contributed by atoms with Crippen LogP contribution in [0.1, 0.15) is 18.4 Å². The van der Waals surface area contributed by atoms with Crippen LogP contribution in [-0.4, -0.2) is 42.4 Å². The summed E-state index contributed by atoms with van der Waals surface area (Å²) in [5.74, 6) is 0.784. The molecular weight excluding hydrogens is 228 g/mol. The number of benzene rings is 1. The van der Waals surface area contributed by atoms with E-state index in [0.717, 1.165) is 38.2 Å². The van der Waals surface area contributed by atoms with Crippen LogP contribution in [0.15, 0.2) is 24.3 Å². The predicted molar refractivity (Wildman–Crippen MR) is 68.3 cm³/mol. The minimum atomic E-state index is -0.186. The van der Waals surface area contributed by atoms with Gasteiger partial charge in [-0.3, -0.25) is 4.90 Å². The molecule has 0 aliphatic carbocycles. The summed E-state index contributed by atoms with van der Waals surface area (Å²) in [4.78, 5) is 2.22. The lowest BCUT2D eigenvalue weighted by Gasteiger charge is -2.29. The van der Waals surface area contributed by atoms with Crippen LogP contribution in [0.3, 0.4) is 0 Å². The van der Waals surface area contributed by atoms with Crippen LogP contribution < -0.4 is 4.74 Å².